The SMILES string of the molecule is CCc1ccc(Br)cc1C1(N=C=O)CCCC1. The van der Waals surface area contributed by atoms with Crippen molar-refractivity contribution in [2.24, 2.45) is 4.99 Å². The minimum Gasteiger partial charge on any atom is -0.211 e. The summed E-state index contributed by atoms with van der Waals surface area (Å²) in [5.41, 5.74) is 2.18. The predicted molar refractivity (Wildman–Crippen MR) is 71.8 cm³/mol. The number of aryl methyl sites for hydroxylation is 1. The van der Waals surface area contributed by atoms with E-state index in [9.17, 15) is 4.79 Å². The second-order valence-electron chi connectivity index (χ2n) is 4.60. The van der Waals surface area contributed by atoms with Gasteiger partial charge in [-0.2, -0.15) is 4.99 Å². The fourth-order valence-corrected chi connectivity index (χ4v) is 3.14. The van der Waals surface area contributed by atoms with Crippen molar-refractivity contribution in [1.29, 1.82) is 0 Å². The normalized spacial score (nSPS) is 17.8. The van der Waals surface area contributed by atoms with Gasteiger partial charge in [0.15, 0.2) is 0 Å². The van der Waals surface area contributed by atoms with Crippen LogP contribution in [0.2, 0.25) is 0 Å². The molecule has 0 spiro atoms. The molecule has 1 fully saturated rings. The van der Waals surface area contributed by atoms with Gasteiger partial charge in [-0.05, 0) is 42.5 Å². The largest absolute Gasteiger partial charge is 0.235 e. The number of hydrogen-bond acceptors (Lipinski definition) is 2. The molecule has 0 heterocycles. The Morgan fingerprint density at radius 1 is 1.41 bits per heavy atom. The molecule has 0 amide bonds. The molecule has 3 heteroatoms. The molecule has 1 saturated carbocycles. The van der Waals surface area contributed by atoms with Gasteiger partial charge >= 0.3 is 0 Å². The van der Waals surface area contributed by atoms with Crippen LogP contribution in [0.15, 0.2) is 27.7 Å². The summed E-state index contributed by atoms with van der Waals surface area (Å²) in [7, 11) is 0. The standard InChI is InChI=1S/C14H16BrNO/c1-2-11-5-6-12(15)9-13(11)14(16-10-17)7-3-4-8-14/h5-6,9H,2-4,7-8H2,1H3. The van der Waals surface area contributed by atoms with Crippen LogP contribution in [0, 0.1) is 0 Å². The Balaban J connectivity index is 2.56. The Kier molecular flexibility index (Phi) is 3.80. The van der Waals surface area contributed by atoms with E-state index in [1.807, 2.05) is 0 Å². The van der Waals surface area contributed by atoms with Crippen LogP contribution < -0.4 is 0 Å². The number of hydrogen-bond donors (Lipinski definition) is 0. The highest BCUT2D eigenvalue weighted by atomic mass is 79.9. The van der Waals surface area contributed by atoms with Gasteiger partial charge in [-0.3, -0.25) is 0 Å². The Hall–Kier alpha value is -0.920. The van der Waals surface area contributed by atoms with Gasteiger partial charge in [-0.15, -0.1) is 0 Å². The van der Waals surface area contributed by atoms with Crippen LogP contribution in [-0.4, -0.2) is 6.08 Å². The molecule has 2 nitrogen and oxygen atoms in total. The lowest BCUT2D eigenvalue weighted by Crippen LogP contribution is -2.21. The Bertz CT molecular complexity index is 457. The van der Waals surface area contributed by atoms with Crippen LogP contribution in [0.5, 0.6) is 0 Å². The average molecular weight is 294 g/mol. The molecular formula is C14H16BrNO. The highest BCUT2D eigenvalue weighted by Crippen LogP contribution is 2.44. The first-order valence-corrected chi connectivity index (χ1v) is 6.89. The first-order chi connectivity index (χ1) is 8.22. The summed E-state index contributed by atoms with van der Waals surface area (Å²) in [6.07, 6.45) is 6.96. The van der Waals surface area contributed by atoms with Gasteiger partial charge in [0.25, 0.3) is 0 Å². The lowest BCUT2D eigenvalue weighted by atomic mass is 9.85. The molecule has 1 aromatic rings. The maximum Gasteiger partial charge on any atom is 0.235 e. The molecule has 90 valence electrons. The lowest BCUT2D eigenvalue weighted by Gasteiger charge is -2.25. The number of rotatable bonds is 3. The number of aliphatic imine (C=N–C) groups is 1. The zero-order chi connectivity index (χ0) is 12.3. The highest BCUT2D eigenvalue weighted by Gasteiger charge is 2.37. The van der Waals surface area contributed by atoms with Crippen LogP contribution in [0.4, 0.5) is 0 Å². The Labute approximate surface area is 110 Å². The number of benzene rings is 1. The van der Waals surface area contributed by atoms with E-state index in [2.05, 4.69) is 46.0 Å². The van der Waals surface area contributed by atoms with Crippen LogP contribution in [0.1, 0.15) is 43.7 Å². The van der Waals surface area contributed by atoms with Crippen molar-refractivity contribution in [3.8, 4) is 0 Å². The van der Waals surface area contributed by atoms with E-state index in [-0.39, 0.29) is 5.54 Å². The van der Waals surface area contributed by atoms with Gasteiger partial charge in [0.1, 0.15) is 0 Å². The van der Waals surface area contributed by atoms with Crippen molar-refractivity contribution in [3.63, 3.8) is 0 Å². The van der Waals surface area contributed by atoms with Crippen molar-refractivity contribution < 1.29 is 4.79 Å². The lowest BCUT2D eigenvalue weighted by molar-refractivity contribution is 0.452. The molecule has 0 bridgehead atoms. The number of nitrogens with zero attached hydrogens (tertiary/aromatic N) is 1. The van der Waals surface area contributed by atoms with Crippen molar-refractivity contribution >= 4 is 22.0 Å². The van der Waals surface area contributed by atoms with Crippen molar-refractivity contribution in [2.45, 2.75) is 44.6 Å². The Morgan fingerprint density at radius 2 is 2.12 bits per heavy atom. The maximum atomic E-state index is 10.7. The van der Waals surface area contributed by atoms with Crippen LogP contribution in [0.25, 0.3) is 0 Å². The number of carbonyl (C=O) groups excluding carboxylic acids is 1. The second kappa shape index (κ2) is 5.16. The predicted octanol–water partition coefficient (Wildman–Crippen LogP) is 4.12. The molecule has 0 saturated heterocycles. The molecule has 1 aromatic carbocycles. The summed E-state index contributed by atoms with van der Waals surface area (Å²) in [6, 6.07) is 6.29. The van der Waals surface area contributed by atoms with Gasteiger partial charge in [-0.1, -0.05) is 41.8 Å². The van der Waals surface area contributed by atoms with Crippen LogP contribution >= 0.6 is 15.9 Å². The van der Waals surface area contributed by atoms with E-state index in [0.29, 0.717) is 0 Å². The van der Waals surface area contributed by atoms with Gasteiger partial charge in [0.05, 0.1) is 5.54 Å². The second-order valence-corrected chi connectivity index (χ2v) is 5.51. The first-order valence-electron chi connectivity index (χ1n) is 6.10. The van der Waals surface area contributed by atoms with E-state index < -0.39 is 0 Å². The summed E-state index contributed by atoms with van der Waals surface area (Å²) in [5.74, 6) is 0. The summed E-state index contributed by atoms with van der Waals surface area (Å²) in [6.45, 7) is 2.14. The molecule has 2 rings (SSSR count). The summed E-state index contributed by atoms with van der Waals surface area (Å²) < 4.78 is 1.05. The number of halogens is 1. The molecule has 0 aromatic heterocycles. The molecule has 1 aliphatic carbocycles. The summed E-state index contributed by atoms with van der Waals surface area (Å²) >= 11 is 3.51. The van der Waals surface area contributed by atoms with Gasteiger partial charge < -0.3 is 0 Å². The maximum absolute atomic E-state index is 10.7. The average Bonchev–Trinajstić information content (AvgIpc) is 2.79. The minimum atomic E-state index is -0.309. The third-order valence-electron chi connectivity index (χ3n) is 3.64. The third-order valence-corrected chi connectivity index (χ3v) is 4.14. The third kappa shape index (κ3) is 2.36. The molecule has 0 radical (unpaired) electrons. The highest BCUT2D eigenvalue weighted by molar-refractivity contribution is 9.10. The van der Waals surface area contributed by atoms with Gasteiger partial charge in [0.2, 0.25) is 6.08 Å². The number of isocyanates is 1. The van der Waals surface area contributed by atoms with Crippen molar-refractivity contribution in [3.05, 3.63) is 33.8 Å². The van der Waals surface area contributed by atoms with E-state index in [1.54, 1.807) is 6.08 Å². The fourth-order valence-electron chi connectivity index (χ4n) is 2.78. The van der Waals surface area contributed by atoms with Crippen LogP contribution in [-0.2, 0) is 16.8 Å². The summed E-state index contributed by atoms with van der Waals surface area (Å²) in [4.78, 5) is 14.9. The molecule has 0 unspecified atom stereocenters. The Morgan fingerprint density at radius 3 is 2.71 bits per heavy atom. The zero-order valence-corrected chi connectivity index (χ0v) is 11.6. The molecule has 0 aliphatic heterocycles. The van der Waals surface area contributed by atoms with Crippen molar-refractivity contribution in [2.75, 3.05) is 0 Å². The quantitative estimate of drug-likeness (QED) is 0.609. The molecule has 17 heavy (non-hydrogen) atoms. The van der Waals surface area contributed by atoms with E-state index >= 15 is 0 Å². The zero-order valence-electron chi connectivity index (χ0n) is 10.0. The monoisotopic (exact) mass is 293 g/mol. The topological polar surface area (TPSA) is 29.4 Å². The molecule has 0 atom stereocenters. The minimum absolute atomic E-state index is 0.309. The van der Waals surface area contributed by atoms with Crippen molar-refractivity contribution in [1.82, 2.24) is 0 Å². The van der Waals surface area contributed by atoms with E-state index in [0.717, 1.165) is 36.6 Å². The summed E-state index contributed by atoms with van der Waals surface area (Å²) in [5, 5.41) is 0. The molecular weight excluding hydrogens is 278 g/mol. The van der Waals surface area contributed by atoms with Crippen LogP contribution in [0.3, 0.4) is 0 Å². The van der Waals surface area contributed by atoms with E-state index in [1.165, 1.54) is 11.1 Å². The van der Waals surface area contributed by atoms with E-state index in [4.69, 9.17) is 0 Å². The first kappa shape index (κ1) is 12.5. The molecule has 1 aliphatic rings. The fraction of sp³-hybridized carbons (Fsp3) is 0.500. The molecule has 0 N–H and O–H groups in total. The van der Waals surface area contributed by atoms with Gasteiger partial charge in [-0.25, -0.2) is 4.79 Å². The van der Waals surface area contributed by atoms with Gasteiger partial charge in [0, 0.05) is 4.47 Å². The smallest absolute Gasteiger partial charge is 0.211 e.